The minimum absolute atomic E-state index is 0.179. The fourth-order valence-electron chi connectivity index (χ4n) is 4.28. The molecule has 2 heterocycles. The van der Waals surface area contributed by atoms with Crippen molar-refractivity contribution >= 4 is 34.8 Å². The maximum absolute atomic E-state index is 14.8. The first-order valence-electron chi connectivity index (χ1n) is 10.9. The Kier molecular flexibility index (Phi) is 6.78. The van der Waals surface area contributed by atoms with E-state index >= 15 is 0 Å². The zero-order valence-corrected chi connectivity index (χ0v) is 19.1. The highest BCUT2D eigenvalue weighted by atomic mass is 35.5. The molecule has 2 aliphatic heterocycles. The molecule has 4 atom stereocenters. The Morgan fingerprint density at radius 3 is 2.76 bits per heavy atom. The highest BCUT2D eigenvalue weighted by Crippen LogP contribution is 2.30. The van der Waals surface area contributed by atoms with Crippen molar-refractivity contribution in [1.29, 1.82) is 0 Å². The molecule has 0 radical (unpaired) electrons. The lowest BCUT2D eigenvalue weighted by atomic mass is 9.96. The van der Waals surface area contributed by atoms with Gasteiger partial charge in [0.05, 0.1) is 23.4 Å². The minimum Gasteiger partial charge on any atom is -0.391 e. The van der Waals surface area contributed by atoms with Crippen LogP contribution >= 0.6 is 11.6 Å². The van der Waals surface area contributed by atoms with E-state index in [1.807, 2.05) is 0 Å². The third-order valence-corrected chi connectivity index (χ3v) is 6.48. The monoisotopic (exact) mass is 472 g/mol. The number of benzene rings is 2. The lowest BCUT2D eigenvalue weighted by molar-refractivity contribution is -0.132. The summed E-state index contributed by atoms with van der Waals surface area (Å²) >= 11 is 6.21. The summed E-state index contributed by atoms with van der Waals surface area (Å²) in [5.41, 5.74) is 1.36. The highest BCUT2D eigenvalue weighted by Gasteiger charge is 2.36. The number of amides is 2. The van der Waals surface area contributed by atoms with Crippen LogP contribution in [-0.2, 0) is 9.59 Å². The third kappa shape index (κ3) is 4.64. The summed E-state index contributed by atoms with van der Waals surface area (Å²) in [6, 6.07) is 10.8. The van der Waals surface area contributed by atoms with Crippen molar-refractivity contribution in [1.82, 2.24) is 10.6 Å². The van der Waals surface area contributed by atoms with Gasteiger partial charge in [0, 0.05) is 29.2 Å². The predicted octanol–water partition coefficient (Wildman–Crippen LogP) is 2.48. The Morgan fingerprint density at radius 2 is 2.06 bits per heavy atom. The zero-order valence-electron chi connectivity index (χ0n) is 18.4. The van der Waals surface area contributed by atoms with Crippen LogP contribution in [0.15, 0.2) is 47.5 Å². The number of aliphatic imine (C=N–C) groups is 1. The van der Waals surface area contributed by atoms with Gasteiger partial charge in [-0.05, 0) is 49.7 Å². The van der Waals surface area contributed by atoms with E-state index in [2.05, 4.69) is 15.6 Å². The van der Waals surface area contributed by atoms with Crippen LogP contribution in [-0.4, -0.2) is 54.5 Å². The second kappa shape index (κ2) is 9.59. The number of hydrogen-bond acceptors (Lipinski definition) is 5. The maximum atomic E-state index is 14.8. The van der Waals surface area contributed by atoms with Crippen LogP contribution in [0, 0.1) is 11.7 Å². The molecule has 1 fully saturated rings. The van der Waals surface area contributed by atoms with Crippen molar-refractivity contribution in [3.05, 3.63) is 64.4 Å². The first-order chi connectivity index (χ1) is 15.8. The Hall–Kier alpha value is -2.81. The number of aliphatic hydroxyl groups excluding tert-OH is 1. The van der Waals surface area contributed by atoms with Gasteiger partial charge in [-0.25, -0.2) is 9.38 Å². The normalized spacial score (nSPS) is 22.3. The molecule has 2 aliphatic rings. The molecule has 0 spiro atoms. The van der Waals surface area contributed by atoms with Crippen molar-refractivity contribution < 1.29 is 19.1 Å². The molecule has 4 rings (SSSR count). The van der Waals surface area contributed by atoms with Gasteiger partial charge in [0.25, 0.3) is 5.91 Å². The molecule has 3 N–H and O–H groups in total. The second-order valence-corrected chi connectivity index (χ2v) is 8.85. The van der Waals surface area contributed by atoms with E-state index < -0.39 is 35.8 Å². The van der Waals surface area contributed by atoms with Gasteiger partial charge in [0.1, 0.15) is 5.82 Å². The van der Waals surface area contributed by atoms with Crippen LogP contribution < -0.4 is 15.5 Å². The maximum Gasteiger partial charge on any atom is 0.272 e. The predicted molar refractivity (Wildman–Crippen MR) is 125 cm³/mol. The summed E-state index contributed by atoms with van der Waals surface area (Å²) < 4.78 is 14.8. The molecule has 174 valence electrons. The number of anilines is 1. The fraction of sp³-hybridized carbons (Fsp3) is 0.375. The van der Waals surface area contributed by atoms with E-state index in [0.717, 1.165) is 19.4 Å². The summed E-state index contributed by atoms with van der Waals surface area (Å²) in [7, 11) is 1.56. The number of nitrogens with one attached hydrogen (secondary N) is 2. The van der Waals surface area contributed by atoms with E-state index in [1.165, 1.54) is 11.0 Å². The van der Waals surface area contributed by atoms with Gasteiger partial charge in [-0.2, -0.15) is 0 Å². The Bertz CT molecular complexity index is 1100. The number of nitrogens with zero attached hydrogens (tertiary/aromatic N) is 2. The molecule has 0 bridgehead atoms. The average molecular weight is 473 g/mol. The standard InChI is InChI=1S/C24H26ClFN4O3/c1-13(21(31)18-8-5-11-27-18)23(32)29-22-24(33)30(2)19-10-9-14(25)12-16(19)20(28-22)15-6-3-4-7-17(15)26/h3-4,6-7,9-10,12-13,18,21-22,27,31H,5,8,11H2,1-2H3,(H,29,32)/t13-,18?,21-,22?/m1/s1. The molecule has 0 saturated carbocycles. The minimum atomic E-state index is -1.30. The summed E-state index contributed by atoms with van der Waals surface area (Å²) in [5, 5.41) is 16.9. The third-order valence-electron chi connectivity index (χ3n) is 6.24. The number of benzodiazepines with no additional fused rings is 1. The number of hydrogen-bond donors (Lipinski definition) is 3. The SMILES string of the molecule is C[C@@H](C(=O)NC1N=C(c2ccccc2F)c2cc(Cl)ccc2N(C)C1=O)[C@@H](O)C1CCCN1. The van der Waals surface area contributed by atoms with Crippen LogP contribution in [0.25, 0.3) is 0 Å². The van der Waals surface area contributed by atoms with Crippen LogP contribution in [0.2, 0.25) is 5.02 Å². The molecule has 2 unspecified atom stereocenters. The molecule has 0 aromatic heterocycles. The number of aliphatic hydroxyl groups is 1. The van der Waals surface area contributed by atoms with Gasteiger partial charge >= 0.3 is 0 Å². The molecular formula is C24H26ClFN4O3. The van der Waals surface area contributed by atoms with Crippen LogP contribution in [0.5, 0.6) is 0 Å². The van der Waals surface area contributed by atoms with Crippen molar-refractivity contribution in [2.24, 2.45) is 10.9 Å². The van der Waals surface area contributed by atoms with E-state index in [9.17, 15) is 19.1 Å². The van der Waals surface area contributed by atoms with E-state index in [0.29, 0.717) is 16.3 Å². The Labute approximate surface area is 196 Å². The zero-order chi connectivity index (χ0) is 23.7. The number of carbonyl (C=O) groups is 2. The number of halogens is 2. The van der Waals surface area contributed by atoms with Gasteiger partial charge in [-0.1, -0.05) is 30.7 Å². The smallest absolute Gasteiger partial charge is 0.272 e. The molecule has 7 nitrogen and oxygen atoms in total. The summed E-state index contributed by atoms with van der Waals surface area (Å²) in [4.78, 5) is 32.1. The number of carbonyl (C=O) groups excluding carboxylic acids is 2. The van der Waals surface area contributed by atoms with E-state index in [4.69, 9.17) is 11.6 Å². The average Bonchev–Trinajstić information content (AvgIpc) is 3.32. The highest BCUT2D eigenvalue weighted by molar-refractivity contribution is 6.32. The van der Waals surface area contributed by atoms with Gasteiger partial charge in [-0.15, -0.1) is 0 Å². The molecule has 2 aromatic carbocycles. The summed E-state index contributed by atoms with van der Waals surface area (Å²) in [6.07, 6.45) is -0.499. The number of fused-ring (bicyclic) bond motifs is 1. The number of rotatable bonds is 5. The van der Waals surface area contributed by atoms with Crippen molar-refractivity contribution in [3.8, 4) is 0 Å². The van der Waals surface area contributed by atoms with Gasteiger partial charge in [-0.3, -0.25) is 9.59 Å². The molecule has 9 heteroatoms. The molecule has 1 saturated heterocycles. The fourth-order valence-corrected chi connectivity index (χ4v) is 4.45. The topological polar surface area (TPSA) is 94.0 Å². The molecule has 0 aliphatic carbocycles. The van der Waals surface area contributed by atoms with Crippen LogP contribution in [0.4, 0.5) is 10.1 Å². The van der Waals surface area contributed by atoms with Crippen LogP contribution in [0.3, 0.4) is 0 Å². The van der Waals surface area contributed by atoms with Gasteiger partial charge in [0.15, 0.2) is 0 Å². The second-order valence-electron chi connectivity index (χ2n) is 8.41. The van der Waals surface area contributed by atoms with Gasteiger partial charge in [0.2, 0.25) is 12.1 Å². The quantitative estimate of drug-likeness (QED) is 0.623. The lowest BCUT2D eigenvalue weighted by Gasteiger charge is -2.26. The largest absolute Gasteiger partial charge is 0.391 e. The Morgan fingerprint density at radius 1 is 1.30 bits per heavy atom. The van der Waals surface area contributed by atoms with Crippen molar-refractivity contribution in [2.45, 2.75) is 38.1 Å². The van der Waals surface area contributed by atoms with E-state index in [1.54, 1.807) is 50.4 Å². The first-order valence-corrected chi connectivity index (χ1v) is 11.3. The van der Waals surface area contributed by atoms with Crippen molar-refractivity contribution in [3.63, 3.8) is 0 Å². The lowest BCUT2D eigenvalue weighted by Crippen LogP contribution is -2.51. The number of likely N-dealkylation sites (N-methyl/N-ethyl adjacent to an activating group) is 1. The first kappa shape index (κ1) is 23.4. The van der Waals surface area contributed by atoms with Crippen molar-refractivity contribution in [2.75, 3.05) is 18.5 Å². The summed E-state index contributed by atoms with van der Waals surface area (Å²) in [6.45, 7) is 2.40. The molecule has 2 amide bonds. The van der Waals surface area contributed by atoms with Gasteiger partial charge < -0.3 is 20.6 Å². The van der Waals surface area contributed by atoms with Crippen LogP contribution in [0.1, 0.15) is 30.9 Å². The summed E-state index contributed by atoms with van der Waals surface area (Å²) in [5.74, 6) is -2.28. The molecular weight excluding hydrogens is 447 g/mol. The Balaban J connectivity index is 1.71. The molecule has 33 heavy (non-hydrogen) atoms. The van der Waals surface area contributed by atoms with E-state index in [-0.39, 0.29) is 17.3 Å². The molecule has 2 aromatic rings.